The molecule has 1 saturated carbocycles. The Morgan fingerprint density at radius 3 is 2.59 bits per heavy atom. The molecule has 0 radical (unpaired) electrons. The molecule has 1 aliphatic rings. The number of carbonyl (C=O) groups is 2. The Kier molecular flexibility index (Phi) is 4.54. The van der Waals surface area contributed by atoms with Crippen molar-refractivity contribution in [2.24, 2.45) is 17.3 Å². The van der Waals surface area contributed by atoms with Gasteiger partial charge in [0.25, 0.3) is 0 Å². The van der Waals surface area contributed by atoms with Gasteiger partial charge in [0.1, 0.15) is 0 Å². The van der Waals surface area contributed by atoms with Crippen molar-refractivity contribution in [3.8, 4) is 0 Å². The Hall–Kier alpha value is -1.06. The molecule has 4 heteroatoms. The molecule has 4 nitrogen and oxygen atoms in total. The standard InChI is InChI=1S/C13H23NO3/c1-9(12(16)17)8-14-11(15)10-6-4-5-7-13(10,2)3/h9-10H,4-8H2,1-3H3,(H,14,15)(H,16,17). The van der Waals surface area contributed by atoms with Gasteiger partial charge in [0.05, 0.1) is 5.92 Å². The fourth-order valence-corrected chi connectivity index (χ4v) is 2.44. The largest absolute Gasteiger partial charge is 0.481 e. The third kappa shape index (κ3) is 3.72. The van der Waals surface area contributed by atoms with Crippen molar-refractivity contribution in [1.29, 1.82) is 0 Å². The fraction of sp³-hybridized carbons (Fsp3) is 0.846. The van der Waals surface area contributed by atoms with E-state index in [4.69, 9.17) is 5.11 Å². The number of hydrogen-bond acceptors (Lipinski definition) is 2. The lowest BCUT2D eigenvalue weighted by molar-refractivity contribution is -0.141. The molecular formula is C13H23NO3. The van der Waals surface area contributed by atoms with Crippen molar-refractivity contribution in [2.75, 3.05) is 6.54 Å². The van der Waals surface area contributed by atoms with Gasteiger partial charge in [-0.1, -0.05) is 33.6 Å². The molecule has 0 saturated heterocycles. The van der Waals surface area contributed by atoms with Crippen LogP contribution in [-0.4, -0.2) is 23.5 Å². The highest BCUT2D eigenvalue weighted by Gasteiger charge is 2.37. The topological polar surface area (TPSA) is 66.4 Å². The second-order valence-corrected chi connectivity index (χ2v) is 5.77. The number of carboxylic acid groups (broad SMARTS) is 1. The van der Waals surface area contributed by atoms with Gasteiger partial charge in [0, 0.05) is 12.5 Å². The first-order chi connectivity index (χ1) is 7.84. The summed E-state index contributed by atoms with van der Waals surface area (Å²) < 4.78 is 0. The molecule has 2 unspecified atom stereocenters. The van der Waals surface area contributed by atoms with E-state index in [2.05, 4.69) is 19.2 Å². The Balaban J connectivity index is 2.49. The number of rotatable bonds is 4. The minimum atomic E-state index is -0.867. The quantitative estimate of drug-likeness (QED) is 0.791. The van der Waals surface area contributed by atoms with Gasteiger partial charge < -0.3 is 10.4 Å². The molecule has 1 amide bonds. The number of nitrogens with one attached hydrogen (secondary N) is 1. The van der Waals surface area contributed by atoms with Crippen molar-refractivity contribution < 1.29 is 14.7 Å². The highest BCUT2D eigenvalue weighted by atomic mass is 16.4. The van der Waals surface area contributed by atoms with E-state index in [1.165, 1.54) is 6.42 Å². The lowest BCUT2D eigenvalue weighted by Gasteiger charge is -2.37. The van der Waals surface area contributed by atoms with Gasteiger partial charge in [-0.3, -0.25) is 9.59 Å². The number of amides is 1. The first-order valence-corrected chi connectivity index (χ1v) is 6.35. The zero-order valence-electron chi connectivity index (χ0n) is 11.0. The fourth-order valence-electron chi connectivity index (χ4n) is 2.44. The minimum Gasteiger partial charge on any atom is -0.481 e. The molecule has 1 aliphatic carbocycles. The molecular weight excluding hydrogens is 218 g/mol. The summed E-state index contributed by atoms with van der Waals surface area (Å²) in [5.41, 5.74) is 0.0365. The van der Waals surface area contributed by atoms with Gasteiger partial charge in [0.2, 0.25) is 5.91 Å². The molecule has 17 heavy (non-hydrogen) atoms. The minimum absolute atomic E-state index is 0.0165. The van der Waals surface area contributed by atoms with Crippen LogP contribution in [0.5, 0.6) is 0 Å². The van der Waals surface area contributed by atoms with Crippen LogP contribution >= 0.6 is 0 Å². The molecule has 98 valence electrons. The van der Waals surface area contributed by atoms with Crippen LogP contribution in [0.2, 0.25) is 0 Å². The van der Waals surface area contributed by atoms with Gasteiger partial charge in [-0.05, 0) is 18.3 Å². The maximum atomic E-state index is 12.0. The molecule has 1 rings (SSSR count). The number of carboxylic acids is 1. The summed E-state index contributed by atoms with van der Waals surface area (Å²) in [7, 11) is 0. The summed E-state index contributed by atoms with van der Waals surface area (Å²) >= 11 is 0. The van der Waals surface area contributed by atoms with Crippen LogP contribution in [0.25, 0.3) is 0 Å². The van der Waals surface area contributed by atoms with E-state index in [9.17, 15) is 9.59 Å². The van der Waals surface area contributed by atoms with E-state index in [0.29, 0.717) is 0 Å². The summed E-state index contributed by atoms with van der Waals surface area (Å²) in [5, 5.41) is 11.5. The lowest BCUT2D eigenvalue weighted by Crippen LogP contribution is -2.43. The third-order valence-corrected chi connectivity index (χ3v) is 3.83. The molecule has 0 aliphatic heterocycles. The Labute approximate surface area is 103 Å². The van der Waals surface area contributed by atoms with Crippen molar-refractivity contribution in [1.82, 2.24) is 5.32 Å². The Morgan fingerprint density at radius 2 is 2.06 bits per heavy atom. The average molecular weight is 241 g/mol. The SMILES string of the molecule is CC(CNC(=O)C1CCCCC1(C)C)C(=O)O. The van der Waals surface area contributed by atoms with Gasteiger partial charge in [0.15, 0.2) is 0 Å². The highest BCUT2D eigenvalue weighted by Crippen LogP contribution is 2.40. The maximum Gasteiger partial charge on any atom is 0.308 e. The van der Waals surface area contributed by atoms with Crippen molar-refractivity contribution in [3.63, 3.8) is 0 Å². The molecule has 2 N–H and O–H groups in total. The molecule has 1 fully saturated rings. The zero-order valence-corrected chi connectivity index (χ0v) is 11.0. The monoisotopic (exact) mass is 241 g/mol. The maximum absolute atomic E-state index is 12.0. The van der Waals surface area contributed by atoms with Crippen LogP contribution in [0, 0.1) is 17.3 Å². The second kappa shape index (κ2) is 5.52. The van der Waals surface area contributed by atoms with Crippen LogP contribution < -0.4 is 5.32 Å². The van der Waals surface area contributed by atoms with Crippen LogP contribution in [0.15, 0.2) is 0 Å². The number of hydrogen-bond donors (Lipinski definition) is 2. The average Bonchev–Trinajstić information content (AvgIpc) is 2.24. The van der Waals surface area contributed by atoms with Gasteiger partial charge >= 0.3 is 5.97 Å². The van der Waals surface area contributed by atoms with E-state index >= 15 is 0 Å². The van der Waals surface area contributed by atoms with Crippen molar-refractivity contribution in [2.45, 2.75) is 46.5 Å². The smallest absolute Gasteiger partial charge is 0.308 e. The predicted octanol–water partition coefficient (Wildman–Crippen LogP) is 2.04. The van der Waals surface area contributed by atoms with E-state index in [0.717, 1.165) is 19.3 Å². The van der Waals surface area contributed by atoms with Crippen LogP contribution in [0.1, 0.15) is 46.5 Å². The highest BCUT2D eigenvalue weighted by molar-refractivity contribution is 5.80. The molecule has 0 heterocycles. The van der Waals surface area contributed by atoms with Gasteiger partial charge in [-0.2, -0.15) is 0 Å². The third-order valence-electron chi connectivity index (χ3n) is 3.83. The van der Waals surface area contributed by atoms with E-state index in [1.54, 1.807) is 6.92 Å². The summed E-state index contributed by atoms with van der Waals surface area (Å²) in [4.78, 5) is 22.7. The lowest BCUT2D eigenvalue weighted by atomic mass is 9.68. The summed E-state index contributed by atoms with van der Waals surface area (Å²) in [6, 6.07) is 0. The van der Waals surface area contributed by atoms with Gasteiger partial charge in [-0.25, -0.2) is 0 Å². The second-order valence-electron chi connectivity index (χ2n) is 5.77. The van der Waals surface area contributed by atoms with Crippen LogP contribution in [0.4, 0.5) is 0 Å². The van der Waals surface area contributed by atoms with E-state index in [-0.39, 0.29) is 23.8 Å². The molecule has 0 aromatic heterocycles. The first-order valence-electron chi connectivity index (χ1n) is 6.35. The summed E-state index contributed by atoms with van der Waals surface area (Å²) in [6.45, 7) is 6.07. The normalized spacial score (nSPS) is 25.0. The number of aliphatic carboxylic acids is 1. The Morgan fingerprint density at radius 1 is 1.41 bits per heavy atom. The van der Waals surface area contributed by atoms with E-state index in [1.807, 2.05) is 0 Å². The summed E-state index contributed by atoms with van der Waals surface area (Å²) in [6.07, 6.45) is 4.26. The first kappa shape index (κ1) is 14.0. The van der Waals surface area contributed by atoms with E-state index < -0.39 is 11.9 Å². The van der Waals surface area contributed by atoms with Crippen molar-refractivity contribution >= 4 is 11.9 Å². The molecule has 0 aromatic rings. The van der Waals surface area contributed by atoms with Crippen LogP contribution in [0.3, 0.4) is 0 Å². The molecule has 2 atom stereocenters. The number of carbonyl (C=O) groups excluding carboxylic acids is 1. The molecule has 0 spiro atoms. The van der Waals surface area contributed by atoms with Crippen LogP contribution in [-0.2, 0) is 9.59 Å². The zero-order chi connectivity index (χ0) is 13.1. The molecule has 0 aromatic carbocycles. The van der Waals surface area contributed by atoms with Crippen molar-refractivity contribution in [3.05, 3.63) is 0 Å². The summed E-state index contributed by atoms with van der Waals surface area (Å²) in [5.74, 6) is -1.35. The van der Waals surface area contributed by atoms with Gasteiger partial charge in [-0.15, -0.1) is 0 Å². The molecule has 0 bridgehead atoms. The predicted molar refractivity (Wildman–Crippen MR) is 65.5 cm³/mol. The Bertz CT molecular complexity index is 299.